The molecule has 0 heterocycles. The number of rotatable bonds is 11. The predicted octanol–water partition coefficient (Wildman–Crippen LogP) is 2.92. The van der Waals surface area contributed by atoms with E-state index < -0.39 is 23.5 Å². The second-order valence-corrected chi connectivity index (χ2v) is 7.92. The van der Waals surface area contributed by atoms with E-state index in [0.717, 1.165) is 6.42 Å². The smallest absolute Gasteiger partial charge is 0.176 e. The van der Waals surface area contributed by atoms with Crippen molar-refractivity contribution in [2.45, 2.75) is 43.4 Å². The Hall–Kier alpha value is -2.24. The molecule has 3 unspecified atom stereocenters. The number of phenols is 1. The number of nitriles is 1. The van der Waals surface area contributed by atoms with Gasteiger partial charge in [0.2, 0.25) is 0 Å². The molecule has 0 spiro atoms. The summed E-state index contributed by atoms with van der Waals surface area (Å²) in [6.07, 6.45) is 0.599. The largest absolute Gasteiger partial charge is 0.611 e. The van der Waals surface area contributed by atoms with Crippen molar-refractivity contribution in [2.75, 3.05) is 12.3 Å². The summed E-state index contributed by atoms with van der Waals surface area (Å²) in [5.74, 6) is 1.01. The van der Waals surface area contributed by atoms with Crippen LogP contribution in [0.25, 0.3) is 0 Å². The SMILES string of the molecule is CCCC(O)C(NCCC[S+]([O-])c1ccc(O)cc1)Oc1ccccc1C#N. The molecule has 0 radical (unpaired) electrons. The van der Waals surface area contributed by atoms with E-state index in [2.05, 4.69) is 11.4 Å². The third-order valence-electron chi connectivity index (χ3n) is 4.15. The van der Waals surface area contributed by atoms with Gasteiger partial charge in [-0.15, -0.1) is 0 Å². The second kappa shape index (κ2) is 11.6. The molecule has 150 valence electrons. The summed E-state index contributed by atoms with van der Waals surface area (Å²) in [6.45, 7) is 2.48. The summed E-state index contributed by atoms with van der Waals surface area (Å²) in [5, 5.41) is 32.1. The summed E-state index contributed by atoms with van der Waals surface area (Å²) >= 11 is -1.16. The number of phenolic OH excluding ortho intramolecular Hbond substituents is 1. The van der Waals surface area contributed by atoms with Gasteiger partial charge in [0, 0.05) is 13.0 Å². The maximum atomic E-state index is 12.3. The Bertz CT molecular complexity index is 764. The molecule has 2 aromatic rings. The van der Waals surface area contributed by atoms with E-state index in [0.29, 0.717) is 41.3 Å². The number of aliphatic hydroxyl groups is 1. The zero-order chi connectivity index (χ0) is 20.4. The first-order chi connectivity index (χ1) is 13.5. The fourth-order valence-corrected chi connectivity index (χ4v) is 3.75. The first kappa shape index (κ1) is 22.1. The van der Waals surface area contributed by atoms with Gasteiger partial charge in [0.15, 0.2) is 11.1 Å². The third kappa shape index (κ3) is 6.73. The molecule has 0 aromatic heterocycles. The lowest BCUT2D eigenvalue weighted by Crippen LogP contribution is -2.45. The van der Waals surface area contributed by atoms with Gasteiger partial charge >= 0.3 is 0 Å². The molecule has 0 fully saturated rings. The van der Waals surface area contributed by atoms with Crippen LogP contribution in [0.2, 0.25) is 0 Å². The number of benzene rings is 2. The summed E-state index contributed by atoms with van der Waals surface area (Å²) in [7, 11) is 0. The molecular weight excluding hydrogens is 376 g/mol. The third-order valence-corrected chi connectivity index (χ3v) is 5.60. The van der Waals surface area contributed by atoms with Gasteiger partial charge in [-0.3, -0.25) is 5.32 Å². The van der Waals surface area contributed by atoms with Gasteiger partial charge in [-0.25, -0.2) is 0 Å². The van der Waals surface area contributed by atoms with Crippen LogP contribution >= 0.6 is 0 Å². The van der Waals surface area contributed by atoms with E-state index in [9.17, 15) is 20.0 Å². The number of hydrogen-bond donors (Lipinski definition) is 3. The van der Waals surface area contributed by atoms with Crippen molar-refractivity contribution in [2.24, 2.45) is 0 Å². The molecule has 0 amide bonds. The van der Waals surface area contributed by atoms with Crippen molar-refractivity contribution in [1.82, 2.24) is 5.32 Å². The summed E-state index contributed by atoms with van der Waals surface area (Å²) in [5.41, 5.74) is 0.409. The molecular formula is C21H26N2O4S. The van der Waals surface area contributed by atoms with Crippen molar-refractivity contribution in [3.63, 3.8) is 0 Å². The lowest BCUT2D eigenvalue weighted by molar-refractivity contribution is 0.0105. The topological polar surface area (TPSA) is 109 Å². The van der Waals surface area contributed by atoms with Crippen molar-refractivity contribution >= 4 is 11.2 Å². The van der Waals surface area contributed by atoms with Crippen LogP contribution in [-0.2, 0) is 11.2 Å². The number of aliphatic hydroxyl groups excluding tert-OH is 1. The van der Waals surface area contributed by atoms with E-state index in [1.165, 1.54) is 12.1 Å². The van der Waals surface area contributed by atoms with E-state index >= 15 is 0 Å². The van der Waals surface area contributed by atoms with Crippen LogP contribution in [0.4, 0.5) is 0 Å². The summed E-state index contributed by atoms with van der Waals surface area (Å²) in [4.78, 5) is 0.666. The van der Waals surface area contributed by atoms with Crippen molar-refractivity contribution in [1.29, 1.82) is 5.26 Å². The molecule has 0 saturated carbocycles. The average Bonchev–Trinajstić information content (AvgIpc) is 2.71. The Labute approximate surface area is 169 Å². The van der Waals surface area contributed by atoms with Crippen LogP contribution in [0.1, 0.15) is 31.7 Å². The average molecular weight is 403 g/mol. The Morgan fingerprint density at radius 3 is 2.61 bits per heavy atom. The van der Waals surface area contributed by atoms with E-state index in [1.54, 1.807) is 36.4 Å². The minimum Gasteiger partial charge on any atom is -0.611 e. The van der Waals surface area contributed by atoms with E-state index in [4.69, 9.17) is 4.74 Å². The zero-order valence-electron chi connectivity index (χ0n) is 15.9. The number of nitrogens with zero attached hydrogens (tertiary/aromatic N) is 1. The van der Waals surface area contributed by atoms with Crippen molar-refractivity contribution in [3.05, 3.63) is 54.1 Å². The minimum absolute atomic E-state index is 0.143. The quantitative estimate of drug-likeness (QED) is 0.303. The van der Waals surface area contributed by atoms with E-state index in [-0.39, 0.29) is 5.75 Å². The maximum absolute atomic E-state index is 12.3. The molecule has 0 aliphatic carbocycles. The highest BCUT2D eigenvalue weighted by Gasteiger charge is 2.21. The Kier molecular flexibility index (Phi) is 9.11. The maximum Gasteiger partial charge on any atom is 0.176 e. The van der Waals surface area contributed by atoms with E-state index in [1.807, 2.05) is 6.92 Å². The molecule has 0 aliphatic rings. The first-order valence-electron chi connectivity index (χ1n) is 9.29. The number of hydrogen-bond acceptors (Lipinski definition) is 6. The van der Waals surface area contributed by atoms with Crippen molar-refractivity contribution < 1.29 is 19.5 Å². The molecule has 3 N–H and O–H groups in total. The highest BCUT2D eigenvalue weighted by molar-refractivity contribution is 7.91. The standard InChI is InChI=1S/C21H26N2O4S/c1-2-6-19(25)21(27-20-8-4-3-7-16(20)15-22)23-13-5-14-28(26)18-11-9-17(24)10-12-18/h3-4,7-12,19,21,23-25H,2,5-6,13-14H2,1H3. The second-order valence-electron chi connectivity index (χ2n) is 6.35. The fourth-order valence-electron chi connectivity index (χ4n) is 2.67. The number of para-hydroxylation sites is 1. The number of ether oxygens (including phenoxy) is 1. The Morgan fingerprint density at radius 2 is 1.93 bits per heavy atom. The van der Waals surface area contributed by atoms with Gasteiger partial charge in [-0.05, 0) is 54.0 Å². The van der Waals surface area contributed by atoms with Gasteiger partial charge in [0.25, 0.3) is 0 Å². The predicted molar refractivity (Wildman–Crippen MR) is 108 cm³/mol. The molecule has 0 bridgehead atoms. The normalized spacial score (nSPS) is 14.1. The summed E-state index contributed by atoms with van der Waals surface area (Å²) < 4.78 is 18.2. The zero-order valence-corrected chi connectivity index (χ0v) is 16.7. The highest BCUT2D eigenvalue weighted by Crippen LogP contribution is 2.20. The van der Waals surface area contributed by atoms with Crippen LogP contribution in [0, 0.1) is 11.3 Å². The number of aromatic hydroxyl groups is 1. The van der Waals surface area contributed by atoms with Crippen LogP contribution in [0.3, 0.4) is 0 Å². The van der Waals surface area contributed by atoms with Gasteiger partial charge in [0.05, 0.1) is 5.56 Å². The molecule has 7 heteroatoms. The Balaban J connectivity index is 1.90. The summed E-state index contributed by atoms with van der Waals surface area (Å²) in [6, 6.07) is 15.3. The molecule has 0 aliphatic heterocycles. The Morgan fingerprint density at radius 1 is 1.21 bits per heavy atom. The van der Waals surface area contributed by atoms with Gasteiger partial charge in [-0.1, -0.05) is 25.5 Å². The van der Waals surface area contributed by atoms with Crippen LogP contribution in [-0.4, -0.2) is 39.4 Å². The van der Waals surface area contributed by atoms with Gasteiger partial charge < -0.3 is 19.5 Å². The van der Waals surface area contributed by atoms with Crippen LogP contribution < -0.4 is 10.1 Å². The highest BCUT2D eigenvalue weighted by atomic mass is 32.2. The molecule has 0 saturated heterocycles. The monoisotopic (exact) mass is 402 g/mol. The number of nitrogens with one attached hydrogen (secondary N) is 1. The molecule has 28 heavy (non-hydrogen) atoms. The van der Waals surface area contributed by atoms with Gasteiger partial charge in [-0.2, -0.15) is 5.26 Å². The van der Waals surface area contributed by atoms with Crippen LogP contribution in [0.15, 0.2) is 53.4 Å². The van der Waals surface area contributed by atoms with Crippen molar-refractivity contribution in [3.8, 4) is 17.6 Å². The lowest BCUT2D eigenvalue weighted by atomic mass is 10.1. The minimum atomic E-state index is -1.16. The lowest BCUT2D eigenvalue weighted by Gasteiger charge is -2.25. The molecule has 3 atom stereocenters. The molecule has 2 aromatic carbocycles. The van der Waals surface area contributed by atoms with Gasteiger partial charge in [0.1, 0.15) is 29.4 Å². The first-order valence-corrected chi connectivity index (χ1v) is 10.6. The molecule has 2 rings (SSSR count). The fraction of sp³-hybridized carbons (Fsp3) is 0.381. The molecule has 6 nitrogen and oxygen atoms in total. The van der Waals surface area contributed by atoms with Crippen LogP contribution in [0.5, 0.6) is 11.5 Å².